The lowest BCUT2D eigenvalue weighted by Gasteiger charge is -2.38. The van der Waals surface area contributed by atoms with Gasteiger partial charge in [-0.25, -0.2) is 0 Å². The van der Waals surface area contributed by atoms with Crippen molar-refractivity contribution in [2.75, 3.05) is 0 Å². The second-order valence-electron chi connectivity index (χ2n) is 18.2. The maximum absolute atomic E-state index is 7.03. The molecule has 0 bridgehead atoms. The second kappa shape index (κ2) is 17.8. The van der Waals surface area contributed by atoms with Crippen LogP contribution in [-0.4, -0.2) is 13.4 Å². The fraction of sp³-hybridized carbons (Fsp3) is 0.250. The van der Waals surface area contributed by atoms with E-state index in [2.05, 4.69) is 166 Å². The lowest BCUT2D eigenvalue weighted by atomic mass is 9.32. The van der Waals surface area contributed by atoms with Crippen molar-refractivity contribution in [3.8, 4) is 46.0 Å². The molecule has 0 saturated carbocycles. The number of halogens is 1. The molecule has 0 radical (unpaired) electrons. The van der Waals surface area contributed by atoms with Crippen LogP contribution >= 0.6 is 46.1 Å². The van der Waals surface area contributed by atoms with E-state index in [4.69, 9.17) is 18.9 Å². The molecule has 7 aromatic rings. The monoisotopic (exact) mass is 1000 g/mol. The van der Waals surface area contributed by atoms with Crippen LogP contribution in [0.1, 0.15) is 87.1 Å². The van der Waals surface area contributed by atoms with Crippen LogP contribution in [0.15, 0.2) is 129 Å². The van der Waals surface area contributed by atoms with Gasteiger partial charge < -0.3 is 18.9 Å². The van der Waals surface area contributed by atoms with Crippen LogP contribution in [0.2, 0.25) is 0 Å². The summed E-state index contributed by atoms with van der Waals surface area (Å²) in [5.41, 5.74) is 14.1. The Morgan fingerprint density at radius 1 is 0.462 bits per heavy atom. The van der Waals surface area contributed by atoms with Gasteiger partial charge in [-0.2, -0.15) is 0 Å². The molecule has 7 aromatic carbocycles. The Hall–Kier alpha value is -4.70. The quantitative estimate of drug-likeness (QED) is 0.0846. The SMILES string of the molecule is CCCCc1ccc(Oc2cc3c4c(c2)Sc2cc5c(cc2B4c2c(I)cc(C)cc2O3)B2c3c(CCCC)cc(C)cc3Oc3cc(Oc4ccc(CCCC)cc4)cc(c32)S5)cc1. The van der Waals surface area contributed by atoms with E-state index in [0.717, 1.165) is 78.1 Å². The molecule has 4 nitrogen and oxygen atoms in total. The number of aryl methyl sites for hydroxylation is 5. The fourth-order valence-corrected chi connectivity index (χ4v) is 13.7. The van der Waals surface area contributed by atoms with E-state index in [1.165, 1.54) is 109 Å². The first kappa shape index (κ1) is 42.9. The van der Waals surface area contributed by atoms with E-state index < -0.39 is 0 Å². The van der Waals surface area contributed by atoms with Crippen LogP contribution < -0.4 is 51.7 Å². The lowest BCUT2D eigenvalue weighted by Crippen LogP contribution is -2.62. The third kappa shape index (κ3) is 8.07. The van der Waals surface area contributed by atoms with Gasteiger partial charge in [0.2, 0.25) is 0 Å². The molecule has 65 heavy (non-hydrogen) atoms. The number of hydrogen-bond donors (Lipinski definition) is 0. The second-order valence-corrected chi connectivity index (χ2v) is 21.5. The van der Waals surface area contributed by atoms with Gasteiger partial charge in [0.05, 0.1) is 0 Å². The Kier molecular flexibility index (Phi) is 11.8. The molecule has 0 fully saturated rings. The zero-order chi connectivity index (χ0) is 44.3. The molecule has 4 heterocycles. The highest BCUT2D eigenvalue weighted by atomic mass is 127. The maximum atomic E-state index is 7.03. The van der Waals surface area contributed by atoms with Crippen molar-refractivity contribution in [2.24, 2.45) is 0 Å². The Morgan fingerprint density at radius 2 is 0.923 bits per heavy atom. The number of rotatable bonds is 13. The van der Waals surface area contributed by atoms with Gasteiger partial charge in [0.15, 0.2) is 0 Å². The average Bonchev–Trinajstić information content (AvgIpc) is 3.29. The third-order valence-corrected chi connectivity index (χ3v) is 16.5. The van der Waals surface area contributed by atoms with Crippen LogP contribution in [0, 0.1) is 17.4 Å². The van der Waals surface area contributed by atoms with Crippen LogP contribution in [0.3, 0.4) is 0 Å². The first-order valence-electron chi connectivity index (χ1n) is 23.5. The number of benzene rings is 7. The molecule has 0 atom stereocenters. The topological polar surface area (TPSA) is 36.9 Å². The van der Waals surface area contributed by atoms with Crippen LogP contribution in [-0.2, 0) is 19.3 Å². The molecular weight excluding hydrogens is 949 g/mol. The minimum Gasteiger partial charge on any atom is -0.458 e. The Bertz CT molecular complexity index is 3010. The molecule has 0 amide bonds. The Morgan fingerprint density at radius 3 is 1.45 bits per heavy atom. The Labute approximate surface area is 406 Å². The standard InChI is InChI=1S/C56H51B2IO4S2/c1-6-9-12-35-15-19-38(20-16-35)60-40-27-47-55-51(29-40)64-49-32-50-43(31-42(49)57(55)53-37(14-11-8-3)23-33(4)25-45(53)62-47)58-54-44(59)24-34(5)26-46(54)63-48-28-41(30-52(65-50)56(48)58)61-39-21-17-36(18-22-39)13-10-7-2/h15-32H,6-14H2,1-5H3. The number of fused-ring (bicyclic) bond motifs is 8. The van der Waals surface area contributed by atoms with Gasteiger partial charge in [-0.1, -0.05) is 111 Å². The van der Waals surface area contributed by atoms with Gasteiger partial charge >= 0.3 is 0 Å². The Balaban J connectivity index is 1.05. The summed E-state index contributed by atoms with van der Waals surface area (Å²) in [6, 6.07) is 40.1. The molecule has 4 aliphatic heterocycles. The zero-order valence-corrected chi connectivity index (χ0v) is 41.5. The van der Waals surface area contributed by atoms with E-state index in [9.17, 15) is 0 Å². The van der Waals surface area contributed by atoms with Gasteiger partial charge in [0, 0.05) is 35.3 Å². The number of unbranched alkanes of at least 4 members (excludes halogenated alkanes) is 3. The molecule has 324 valence electrons. The van der Waals surface area contributed by atoms with E-state index in [-0.39, 0.29) is 13.4 Å². The molecule has 0 saturated heterocycles. The van der Waals surface area contributed by atoms with Crippen molar-refractivity contribution < 1.29 is 18.9 Å². The molecule has 0 N–H and O–H groups in total. The van der Waals surface area contributed by atoms with Crippen molar-refractivity contribution in [3.63, 3.8) is 0 Å². The summed E-state index contributed by atoms with van der Waals surface area (Å²) in [6.45, 7) is 11.1. The summed E-state index contributed by atoms with van der Waals surface area (Å²) in [7, 11) is 0. The van der Waals surface area contributed by atoms with E-state index in [1.54, 1.807) is 0 Å². The molecule has 11 rings (SSSR count). The lowest BCUT2D eigenvalue weighted by molar-refractivity contribution is 0.459. The predicted octanol–water partition coefficient (Wildman–Crippen LogP) is 12.7. The smallest absolute Gasteiger partial charge is 0.255 e. The van der Waals surface area contributed by atoms with E-state index in [1.807, 2.05) is 23.5 Å². The van der Waals surface area contributed by atoms with Crippen LogP contribution in [0.4, 0.5) is 0 Å². The minimum absolute atomic E-state index is 0.00315. The third-order valence-electron chi connectivity index (χ3n) is 13.3. The predicted molar refractivity (Wildman–Crippen MR) is 281 cm³/mol. The van der Waals surface area contributed by atoms with Crippen molar-refractivity contribution in [1.29, 1.82) is 0 Å². The van der Waals surface area contributed by atoms with Crippen LogP contribution in [0.5, 0.6) is 46.0 Å². The van der Waals surface area contributed by atoms with Gasteiger partial charge in [0.1, 0.15) is 46.0 Å². The summed E-state index contributed by atoms with van der Waals surface area (Å²) < 4.78 is 28.5. The average molecular weight is 1000 g/mol. The number of ether oxygens (including phenoxy) is 4. The highest BCUT2D eigenvalue weighted by molar-refractivity contribution is 14.1. The van der Waals surface area contributed by atoms with Gasteiger partial charge in [0.25, 0.3) is 13.4 Å². The molecule has 0 unspecified atom stereocenters. The van der Waals surface area contributed by atoms with Crippen molar-refractivity contribution in [2.45, 2.75) is 112 Å². The maximum Gasteiger partial charge on any atom is 0.255 e. The van der Waals surface area contributed by atoms with Crippen molar-refractivity contribution in [1.82, 2.24) is 0 Å². The first-order valence-corrected chi connectivity index (χ1v) is 26.2. The molecular formula is C56H51B2IO4S2. The minimum atomic E-state index is -0.00315. The molecule has 0 aliphatic carbocycles. The van der Waals surface area contributed by atoms with Gasteiger partial charge in [-0.3, -0.25) is 0 Å². The van der Waals surface area contributed by atoms with Crippen molar-refractivity contribution >= 4 is 92.3 Å². The zero-order valence-electron chi connectivity index (χ0n) is 37.7. The summed E-state index contributed by atoms with van der Waals surface area (Å²) in [5, 5.41) is 0. The summed E-state index contributed by atoms with van der Waals surface area (Å²) in [5.74, 6) is 6.86. The summed E-state index contributed by atoms with van der Waals surface area (Å²) >= 11 is 6.22. The number of hydrogen-bond acceptors (Lipinski definition) is 6. The van der Waals surface area contributed by atoms with E-state index >= 15 is 0 Å². The molecule has 9 heteroatoms. The molecule has 0 spiro atoms. The first-order chi connectivity index (χ1) is 31.7. The fourth-order valence-electron chi connectivity index (χ4n) is 10.2. The summed E-state index contributed by atoms with van der Waals surface area (Å²) in [4.78, 5) is 4.90. The molecule has 4 aliphatic rings. The normalized spacial score (nSPS) is 13.4. The molecule has 0 aromatic heterocycles. The highest BCUT2D eigenvalue weighted by Crippen LogP contribution is 2.45. The van der Waals surface area contributed by atoms with Gasteiger partial charge in [-0.15, -0.1) is 0 Å². The largest absolute Gasteiger partial charge is 0.458 e. The summed E-state index contributed by atoms with van der Waals surface area (Å²) in [6.07, 6.45) is 10.2. The van der Waals surface area contributed by atoms with Gasteiger partial charge in [-0.05, 0) is 185 Å². The van der Waals surface area contributed by atoms with Crippen molar-refractivity contribution in [3.05, 3.63) is 141 Å². The van der Waals surface area contributed by atoms with Crippen LogP contribution in [0.25, 0.3) is 0 Å². The highest BCUT2D eigenvalue weighted by Gasteiger charge is 2.45. The van der Waals surface area contributed by atoms with E-state index in [0.29, 0.717) is 0 Å².